The zero-order valence-corrected chi connectivity index (χ0v) is 27.9. The molecule has 0 bridgehead atoms. The van der Waals surface area contributed by atoms with Crippen LogP contribution in [0.25, 0.3) is 32.9 Å². The molecule has 2 aromatic heterocycles. The van der Waals surface area contributed by atoms with Crippen molar-refractivity contribution in [2.24, 2.45) is 0 Å². The maximum Gasteiger partial charge on any atom is 0.410 e. The van der Waals surface area contributed by atoms with E-state index in [0.29, 0.717) is 42.3 Å². The summed E-state index contributed by atoms with van der Waals surface area (Å²) in [7, 11) is 0. The van der Waals surface area contributed by atoms with Gasteiger partial charge in [-0.3, -0.25) is 9.88 Å². The van der Waals surface area contributed by atoms with Crippen molar-refractivity contribution >= 4 is 27.8 Å². The lowest BCUT2D eigenvalue weighted by molar-refractivity contribution is 0.0190. The summed E-state index contributed by atoms with van der Waals surface area (Å²) in [6.45, 7) is 8.89. The number of halogens is 3. The molecule has 4 aromatic rings. The van der Waals surface area contributed by atoms with Gasteiger partial charge in [0.1, 0.15) is 41.5 Å². The topological polar surface area (TPSA) is 89.9 Å². The number of ether oxygens (including phenoxy) is 3. The van der Waals surface area contributed by atoms with Crippen molar-refractivity contribution in [3.8, 4) is 35.5 Å². The van der Waals surface area contributed by atoms with Crippen LogP contribution in [0.1, 0.15) is 58.9 Å². The number of nitrogens with zero attached hydrogens (tertiary/aromatic N) is 5. The predicted molar refractivity (Wildman–Crippen MR) is 178 cm³/mol. The van der Waals surface area contributed by atoms with Gasteiger partial charge in [0.15, 0.2) is 5.82 Å². The summed E-state index contributed by atoms with van der Waals surface area (Å²) >= 11 is 0. The number of hydrogen-bond acceptors (Lipinski definition) is 8. The summed E-state index contributed by atoms with van der Waals surface area (Å²) in [5.41, 5.74) is -1.07. The van der Waals surface area contributed by atoms with Crippen LogP contribution in [0.4, 0.5) is 18.0 Å². The number of hydrogen-bond donors (Lipinski definition) is 0. The monoisotopic (exact) mass is 673 g/mol. The molecular formula is C37H38F3N5O4. The average molecular weight is 674 g/mol. The summed E-state index contributed by atoms with van der Waals surface area (Å²) in [5.74, 6) is 1.03. The van der Waals surface area contributed by atoms with Crippen LogP contribution in [-0.4, -0.2) is 86.5 Å². The SMILES string of the molecule is C#Cc1c(F)ccc2cccc(-c3ncc4c(O[C@@H]5CCN(C(=O)OC(C)(C)C)[C@@H]5C)nc(OC[C@@]56CCCN5C[C@H](F)C6)nc4c3F)c12. The Bertz CT molecular complexity index is 2000. The van der Waals surface area contributed by atoms with Crippen LogP contribution in [0.5, 0.6) is 11.9 Å². The minimum Gasteiger partial charge on any atom is -0.471 e. The molecule has 0 spiro atoms. The number of likely N-dealkylation sites (tertiary alicyclic amines) is 1. The van der Waals surface area contributed by atoms with Gasteiger partial charge in [-0.05, 0) is 58.5 Å². The Morgan fingerprint density at radius 2 is 1.98 bits per heavy atom. The third-order valence-corrected chi connectivity index (χ3v) is 9.83. The summed E-state index contributed by atoms with van der Waals surface area (Å²) in [6, 6.07) is 7.44. The maximum atomic E-state index is 16.8. The molecule has 2 aromatic carbocycles. The van der Waals surface area contributed by atoms with E-state index in [9.17, 15) is 13.6 Å². The second kappa shape index (κ2) is 12.4. The van der Waals surface area contributed by atoms with Crippen molar-refractivity contribution in [1.29, 1.82) is 0 Å². The molecule has 3 saturated heterocycles. The molecule has 12 heteroatoms. The van der Waals surface area contributed by atoms with Gasteiger partial charge in [-0.25, -0.2) is 18.0 Å². The van der Waals surface area contributed by atoms with Crippen LogP contribution in [0.2, 0.25) is 0 Å². The Morgan fingerprint density at radius 1 is 1.16 bits per heavy atom. The van der Waals surface area contributed by atoms with Gasteiger partial charge in [0, 0.05) is 43.1 Å². The minimum atomic E-state index is -0.957. The highest BCUT2D eigenvalue weighted by Crippen LogP contribution is 2.41. The van der Waals surface area contributed by atoms with E-state index in [4.69, 9.17) is 20.6 Å². The van der Waals surface area contributed by atoms with Gasteiger partial charge in [-0.15, -0.1) is 6.42 Å². The number of benzene rings is 2. The van der Waals surface area contributed by atoms with Crippen molar-refractivity contribution in [2.75, 3.05) is 26.2 Å². The summed E-state index contributed by atoms with van der Waals surface area (Å²) in [5, 5.41) is 1.16. The lowest BCUT2D eigenvalue weighted by atomic mass is 9.95. The third-order valence-electron chi connectivity index (χ3n) is 9.83. The first-order valence-electron chi connectivity index (χ1n) is 16.6. The molecule has 9 nitrogen and oxygen atoms in total. The van der Waals surface area contributed by atoms with E-state index >= 15 is 4.39 Å². The van der Waals surface area contributed by atoms with Gasteiger partial charge in [-0.1, -0.05) is 30.2 Å². The first-order chi connectivity index (χ1) is 23.4. The molecule has 1 amide bonds. The molecule has 0 N–H and O–H groups in total. The van der Waals surface area contributed by atoms with Crippen LogP contribution < -0.4 is 9.47 Å². The minimum absolute atomic E-state index is 0.00186. The van der Waals surface area contributed by atoms with E-state index in [1.54, 1.807) is 49.9 Å². The van der Waals surface area contributed by atoms with Gasteiger partial charge < -0.3 is 19.1 Å². The normalized spacial score (nSPS) is 24.0. The van der Waals surface area contributed by atoms with Crippen LogP contribution in [-0.2, 0) is 4.74 Å². The molecule has 7 rings (SSSR count). The van der Waals surface area contributed by atoms with Crippen molar-refractivity contribution in [3.63, 3.8) is 0 Å². The number of pyridine rings is 1. The average Bonchev–Trinajstić information content (AvgIpc) is 3.71. The highest BCUT2D eigenvalue weighted by atomic mass is 19.1. The Morgan fingerprint density at radius 3 is 2.76 bits per heavy atom. The molecule has 3 aliphatic heterocycles. The zero-order chi connectivity index (χ0) is 34.7. The number of carbonyl (C=O) groups is 1. The van der Waals surface area contributed by atoms with Crippen molar-refractivity contribution in [3.05, 3.63) is 53.7 Å². The Hall–Kier alpha value is -4.63. The van der Waals surface area contributed by atoms with Crippen molar-refractivity contribution < 1.29 is 32.2 Å². The van der Waals surface area contributed by atoms with Crippen LogP contribution >= 0.6 is 0 Å². The molecule has 0 unspecified atom stereocenters. The Labute approximate surface area is 282 Å². The predicted octanol–water partition coefficient (Wildman–Crippen LogP) is 6.84. The van der Waals surface area contributed by atoms with E-state index in [-0.39, 0.29) is 46.7 Å². The van der Waals surface area contributed by atoms with E-state index in [2.05, 4.69) is 25.8 Å². The highest BCUT2D eigenvalue weighted by molar-refractivity contribution is 6.01. The first kappa shape index (κ1) is 32.9. The summed E-state index contributed by atoms with van der Waals surface area (Å²) in [6.07, 6.45) is 7.68. The molecule has 256 valence electrons. The number of terminal acetylenes is 1. The van der Waals surface area contributed by atoms with E-state index in [1.165, 1.54) is 12.3 Å². The molecule has 4 atom stereocenters. The van der Waals surface area contributed by atoms with Crippen LogP contribution in [0.15, 0.2) is 36.5 Å². The number of amides is 1. The highest BCUT2D eigenvalue weighted by Gasteiger charge is 2.49. The summed E-state index contributed by atoms with van der Waals surface area (Å²) in [4.78, 5) is 30.1. The molecule has 0 aliphatic carbocycles. The molecule has 0 saturated carbocycles. The van der Waals surface area contributed by atoms with Gasteiger partial charge >= 0.3 is 12.1 Å². The number of carbonyl (C=O) groups excluding carboxylic acids is 1. The number of fused-ring (bicyclic) bond motifs is 3. The number of rotatable bonds is 6. The van der Waals surface area contributed by atoms with Crippen LogP contribution in [0, 0.1) is 24.0 Å². The lowest BCUT2D eigenvalue weighted by Crippen LogP contribution is -2.43. The van der Waals surface area contributed by atoms with E-state index in [1.807, 2.05) is 6.92 Å². The third kappa shape index (κ3) is 5.98. The number of aromatic nitrogens is 3. The molecule has 3 fully saturated rings. The van der Waals surface area contributed by atoms with Crippen LogP contribution in [0.3, 0.4) is 0 Å². The van der Waals surface area contributed by atoms with Crippen molar-refractivity contribution in [2.45, 2.75) is 82.8 Å². The summed E-state index contributed by atoms with van der Waals surface area (Å²) < 4.78 is 64.2. The lowest BCUT2D eigenvalue weighted by Gasteiger charge is -2.31. The largest absolute Gasteiger partial charge is 0.471 e. The molecule has 0 radical (unpaired) electrons. The quantitative estimate of drug-likeness (QED) is 0.206. The van der Waals surface area contributed by atoms with Gasteiger partial charge in [-0.2, -0.15) is 9.97 Å². The zero-order valence-electron chi connectivity index (χ0n) is 27.9. The van der Waals surface area contributed by atoms with E-state index in [0.717, 1.165) is 19.4 Å². The number of alkyl halides is 1. The molecule has 49 heavy (non-hydrogen) atoms. The molecular weight excluding hydrogens is 635 g/mol. The van der Waals surface area contributed by atoms with Gasteiger partial charge in [0.2, 0.25) is 5.88 Å². The fourth-order valence-corrected chi connectivity index (χ4v) is 7.48. The second-order valence-corrected chi connectivity index (χ2v) is 14.2. The Balaban J connectivity index is 1.29. The smallest absolute Gasteiger partial charge is 0.410 e. The van der Waals surface area contributed by atoms with Gasteiger partial charge in [0.25, 0.3) is 0 Å². The maximum absolute atomic E-state index is 16.8. The standard InChI is InChI=1S/C37H38F3N5O4/c1-6-24-27(39)12-11-22-9-7-10-25(29(22)24)31-30(40)32-26(18-41-31)33(48-28-13-16-45(21(28)2)35(46)49-36(3,4)5)43-34(42-32)47-20-37-14-8-15-44(37)19-23(38)17-37/h1,7,9-12,18,21,23,28H,8,13-17,19-20H2,2-5H3/t21-,23-,28-,37+/m1/s1. The van der Waals surface area contributed by atoms with Gasteiger partial charge in [0.05, 0.1) is 22.5 Å². The van der Waals surface area contributed by atoms with Crippen molar-refractivity contribution in [1.82, 2.24) is 24.8 Å². The Kier molecular flexibility index (Phi) is 8.30. The van der Waals surface area contributed by atoms with E-state index < -0.39 is 41.1 Å². The molecule has 3 aliphatic rings. The second-order valence-electron chi connectivity index (χ2n) is 14.2. The fraction of sp³-hybridized carbons (Fsp3) is 0.459. The molecule has 5 heterocycles. The first-order valence-corrected chi connectivity index (χ1v) is 16.6. The fourth-order valence-electron chi connectivity index (χ4n) is 7.48.